The number of sulfonamides is 1. The Hall–Kier alpha value is -3.48. The molecule has 3 aromatic rings. The van der Waals surface area contributed by atoms with Crippen LogP contribution in [-0.4, -0.2) is 79.0 Å². The van der Waals surface area contributed by atoms with Gasteiger partial charge in [0, 0.05) is 30.6 Å². The molecule has 1 aromatic heterocycles. The molecule has 2 aromatic carbocycles. The first-order valence-corrected chi connectivity index (χ1v) is 16.6. The number of nitrogens with zero attached hydrogens (tertiary/aromatic N) is 2. The maximum absolute atomic E-state index is 14.1. The summed E-state index contributed by atoms with van der Waals surface area (Å²) in [5, 5.41) is 29.7. The summed E-state index contributed by atoms with van der Waals surface area (Å²) in [5.41, 5.74) is 6.26. The quantitative estimate of drug-likeness (QED) is 0.213. The normalized spacial score (nSPS) is 14.8. The molecule has 0 spiro atoms. The molecular weight excluding hydrogens is 597 g/mol. The van der Waals surface area contributed by atoms with Crippen molar-refractivity contribution >= 4 is 22.1 Å². The van der Waals surface area contributed by atoms with Gasteiger partial charge in [-0.1, -0.05) is 44.2 Å². The molecule has 2 unspecified atom stereocenters. The van der Waals surface area contributed by atoms with E-state index in [1.54, 1.807) is 30.3 Å². The van der Waals surface area contributed by atoms with Crippen LogP contribution in [0.3, 0.4) is 0 Å². The molecule has 0 amide bonds. The number of aliphatic hydroxyl groups excluding tert-OH is 2. The van der Waals surface area contributed by atoms with Gasteiger partial charge in [-0.05, 0) is 85.8 Å². The largest absolute Gasteiger partial charge is 0.481 e. The summed E-state index contributed by atoms with van der Waals surface area (Å²) < 4.78 is 43.3. The Bertz CT molecular complexity index is 1660. The number of carboxylic acids is 1. The number of halogens is 1. The molecule has 0 radical (unpaired) electrons. The molecule has 0 bridgehead atoms. The van der Waals surface area contributed by atoms with Gasteiger partial charge in [0.05, 0.1) is 34.9 Å². The van der Waals surface area contributed by atoms with Gasteiger partial charge in [-0.15, -0.1) is 0 Å². The minimum Gasteiger partial charge on any atom is -0.481 e. The van der Waals surface area contributed by atoms with E-state index in [1.165, 1.54) is 18.2 Å². The van der Waals surface area contributed by atoms with E-state index < -0.39 is 34.6 Å². The number of nitrogens with one attached hydrogen (secondary N) is 1. The maximum atomic E-state index is 14.1. The highest BCUT2D eigenvalue weighted by atomic mass is 32.2. The zero-order valence-corrected chi connectivity index (χ0v) is 26.9. The van der Waals surface area contributed by atoms with E-state index in [0.717, 1.165) is 39.8 Å². The standard InChI is InChI=1S/C34H42FN3O6S/c1-21(2)33-29(15-13-25(39)18-26(40)19-31(41)42)32(23-8-11-24(35)12-9-23)28-7-5-6-22-10-14-27(20-30(22)34(28)37-33)45(43,44)36-16-17-38(3)4/h8-15,20-21,25-26,36,39-40H,5-7,16-19H2,1-4H3,(H,41,42)/b15-13+. The minimum absolute atomic E-state index is 0.0878. The molecule has 9 nitrogen and oxygen atoms in total. The Morgan fingerprint density at radius 1 is 1.11 bits per heavy atom. The second kappa shape index (κ2) is 14.7. The number of carboxylic acid groups (broad SMARTS) is 1. The number of aromatic nitrogens is 1. The monoisotopic (exact) mass is 639 g/mol. The lowest BCUT2D eigenvalue weighted by Crippen LogP contribution is -2.31. The molecule has 0 saturated carbocycles. The zero-order valence-electron chi connectivity index (χ0n) is 26.1. The number of aliphatic hydroxyl groups is 2. The van der Waals surface area contributed by atoms with Crippen molar-refractivity contribution in [3.8, 4) is 22.4 Å². The van der Waals surface area contributed by atoms with Crippen molar-refractivity contribution in [2.75, 3.05) is 27.2 Å². The van der Waals surface area contributed by atoms with Gasteiger partial charge >= 0.3 is 5.97 Å². The third kappa shape index (κ3) is 8.62. The number of aryl methyl sites for hydroxylation is 1. The van der Waals surface area contributed by atoms with E-state index in [9.17, 15) is 27.8 Å². The Labute approximate surface area is 264 Å². The fourth-order valence-corrected chi connectivity index (χ4v) is 6.68. The van der Waals surface area contributed by atoms with Crippen LogP contribution in [0.4, 0.5) is 4.39 Å². The van der Waals surface area contributed by atoms with Crippen molar-refractivity contribution in [1.29, 1.82) is 0 Å². The second-order valence-electron chi connectivity index (χ2n) is 12.1. The Balaban J connectivity index is 1.90. The number of hydrogen-bond acceptors (Lipinski definition) is 7. The number of likely N-dealkylation sites (N-methyl/N-ethyl adjacent to an activating group) is 1. The van der Waals surface area contributed by atoms with Gasteiger partial charge in [0.2, 0.25) is 10.0 Å². The van der Waals surface area contributed by atoms with Crippen LogP contribution in [0.5, 0.6) is 0 Å². The lowest BCUT2D eigenvalue weighted by molar-refractivity contribution is -0.139. The number of rotatable bonds is 13. The molecule has 1 heterocycles. The highest BCUT2D eigenvalue weighted by Gasteiger charge is 2.27. The van der Waals surface area contributed by atoms with Crippen molar-refractivity contribution < 1.29 is 32.9 Å². The van der Waals surface area contributed by atoms with Gasteiger partial charge in [-0.2, -0.15) is 0 Å². The fourth-order valence-electron chi connectivity index (χ4n) is 5.63. The van der Waals surface area contributed by atoms with Gasteiger partial charge in [-0.3, -0.25) is 9.78 Å². The molecule has 4 rings (SSSR count). The van der Waals surface area contributed by atoms with Crippen LogP contribution < -0.4 is 4.72 Å². The molecule has 0 saturated heterocycles. The van der Waals surface area contributed by atoms with E-state index >= 15 is 0 Å². The highest BCUT2D eigenvalue weighted by molar-refractivity contribution is 7.89. The Kier molecular flexibility index (Phi) is 11.3. The highest BCUT2D eigenvalue weighted by Crippen LogP contribution is 2.42. The number of pyridine rings is 1. The average molecular weight is 640 g/mol. The van der Waals surface area contributed by atoms with Gasteiger partial charge in [0.25, 0.3) is 0 Å². The minimum atomic E-state index is -3.78. The number of fused-ring (bicyclic) bond motifs is 3. The van der Waals surface area contributed by atoms with Gasteiger partial charge < -0.3 is 20.2 Å². The smallest absolute Gasteiger partial charge is 0.305 e. The van der Waals surface area contributed by atoms with Crippen LogP contribution in [-0.2, 0) is 27.7 Å². The number of hydrogen-bond donors (Lipinski definition) is 4. The molecule has 11 heteroatoms. The summed E-state index contributed by atoms with van der Waals surface area (Å²) in [4.78, 5) is 18.2. The Morgan fingerprint density at radius 2 is 1.82 bits per heavy atom. The number of benzene rings is 2. The van der Waals surface area contributed by atoms with E-state index in [0.29, 0.717) is 30.8 Å². The lowest BCUT2D eigenvalue weighted by atomic mass is 9.86. The van der Waals surface area contributed by atoms with Crippen molar-refractivity contribution in [2.24, 2.45) is 0 Å². The van der Waals surface area contributed by atoms with E-state index in [2.05, 4.69) is 4.72 Å². The van der Waals surface area contributed by atoms with E-state index in [4.69, 9.17) is 10.1 Å². The van der Waals surface area contributed by atoms with Crippen LogP contribution in [0.1, 0.15) is 61.4 Å². The van der Waals surface area contributed by atoms with Crippen LogP contribution in [0.2, 0.25) is 0 Å². The summed E-state index contributed by atoms with van der Waals surface area (Å²) in [6.45, 7) is 4.79. The molecule has 1 aliphatic carbocycles. The Morgan fingerprint density at radius 3 is 2.47 bits per heavy atom. The third-order valence-electron chi connectivity index (χ3n) is 7.82. The van der Waals surface area contributed by atoms with Crippen LogP contribution in [0, 0.1) is 5.82 Å². The molecule has 0 fully saturated rings. The molecular formula is C34H42FN3O6S. The molecule has 1 aliphatic rings. The predicted molar refractivity (Wildman–Crippen MR) is 173 cm³/mol. The molecule has 0 aliphatic heterocycles. The first-order valence-electron chi connectivity index (χ1n) is 15.1. The van der Waals surface area contributed by atoms with Gasteiger partial charge in [-0.25, -0.2) is 17.5 Å². The van der Waals surface area contributed by atoms with Crippen LogP contribution >= 0.6 is 0 Å². The number of aliphatic carboxylic acids is 1. The average Bonchev–Trinajstić information content (AvgIpc) is 3.13. The molecule has 45 heavy (non-hydrogen) atoms. The summed E-state index contributed by atoms with van der Waals surface area (Å²) in [7, 11) is -0.0390. The van der Waals surface area contributed by atoms with Crippen molar-refractivity contribution in [3.63, 3.8) is 0 Å². The SMILES string of the molecule is CC(C)c1nc2c(c(-c3ccc(F)cc3)c1/C=C/C(O)CC(O)CC(=O)O)CCCc1ccc(S(=O)(=O)NCCN(C)C)cc1-2. The van der Waals surface area contributed by atoms with Crippen molar-refractivity contribution in [1.82, 2.24) is 14.6 Å². The number of carbonyl (C=O) groups is 1. The van der Waals surface area contributed by atoms with Crippen LogP contribution in [0.15, 0.2) is 53.4 Å². The second-order valence-corrected chi connectivity index (χ2v) is 13.8. The van der Waals surface area contributed by atoms with Crippen molar-refractivity contribution in [3.05, 3.63) is 76.7 Å². The maximum Gasteiger partial charge on any atom is 0.305 e. The topological polar surface area (TPSA) is 140 Å². The van der Waals surface area contributed by atoms with Crippen molar-refractivity contribution in [2.45, 2.75) is 69.0 Å². The van der Waals surface area contributed by atoms with E-state index in [-0.39, 0.29) is 29.6 Å². The lowest BCUT2D eigenvalue weighted by Gasteiger charge is -2.22. The molecule has 4 N–H and O–H groups in total. The third-order valence-corrected chi connectivity index (χ3v) is 9.28. The summed E-state index contributed by atoms with van der Waals surface area (Å²) in [5.74, 6) is -1.63. The fraction of sp³-hybridized carbons (Fsp3) is 0.412. The van der Waals surface area contributed by atoms with E-state index in [1.807, 2.05) is 38.9 Å². The van der Waals surface area contributed by atoms with Gasteiger partial charge in [0.1, 0.15) is 5.82 Å². The molecule has 2 atom stereocenters. The summed E-state index contributed by atoms with van der Waals surface area (Å²) in [6, 6.07) is 11.3. The summed E-state index contributed by atoms with van der Waals surface area (Å²) in [6.07, 6.45) is 2.40. The first kappa shape index (κ1) is 34.4. The van der Waals surface area contributed by atoms with Gasteiger partial charge in [0.15, 0.2) is 0 Å². The first-order chi connectivity index (χ1) is 21.3. The predicted octanol–water partition coefficient (Wildman–Crippen LogP) is 4.61. The zero-order chi connectivity index (χ0) is 32.9. The van der Waals surface area contributed by atoms with Crippen LogP contribution in [0.25, 0.3) is 28.5 Å². The molecule has 242 valence electrons. The summed E-state index contributed by atoms with van der Waals surface area (Å²) >= 11 is 0.